The molecular formula is C20H28O5. The smallest absolute Gasteiger partial charge is 0.333 e. The van der Waals surface area contributed by atoms with Gasteiger partial charge in [0.25, 0.3) is 0 Å². The van der Waals surface area contributed by atoms with Crippen molar-refractivity contribution in [3.63, 3.8) is 0 Å². The van der Waals surface area contributed by atoms with Crippen LogP contribution in [0.3, 0.4) is 0 Å². The topological polar surface area (TPSA) is 72.8 Å². The lowest BCUT2D eigenvalue weighted by Gasteiger charge is -1.99. The third-order valence-corrected chi connectivity index (χ3v) is 2.32. The summed E-state index contributed by atoms with van der Waals surface area (Å²) in [4.78, 5) is 20.7. The van der Waals surface area contributed by atoms with Gasteiger partial charge >= 0.3 is 11.9 Å². The van der Waals surface area contributed by atoms with Crippen LogP contribution in [-0.4, -0.2) is 36.9 Å². The van der Waals surface area contributed by atoms with Crippen LogP contribution in [0.5, 0.6) is 0 Å². The summed E-state index contributed by atoms with van der Waals surface area (Å²) in [6, 6.07) is 10.0. The molecule has 138 valence electrons. The highest BCUT2D eigenvalue weighted by Crippen LogP contribution is 1.97. The first-order chi connectivity index (χ1) is 11.9. The Morgan fingerprint density at radius 1 is 1.12 bits per heavy atom. The molecule has 0 fully saturated rings. The van der Waals surface area contributed by atoms with Crippen molar-refractivity contribution in [3.05, 3.63) is 67.3 Å². The fraction of sp³-hybridized carbons (Fsp3) is 0.300. The molecule has 0 radical (unpaired) electrons. The molecule has 0 aliphatic rings. The van der Waals surface area contributed by atoms with Gasteiger partial charge in [-0.05, 0) is 18.9 Å². The molecule has 0 aliphatic carbocycles. The number of benzene rings is 1. The van der Waals surface area contributed by atoms with E-state index in [-0.39, 0.29) is 19.2 Å². The molecule has 1 aromatic rings. The van der Waals surface area contributed by atoms with Gasteiger partial charge in [0.1, 0.15) is 6.61 Å². The van der Waals surface area contributed by atoms with E-state index in [0.717, 1.165) is 12.5 Å². The largest absolute Gasteiger partial charge is 0.462 e. The first kappa shape index (κ1) is 24.6. The van der Waals surface area contributed by atoms with Crippen LogP contribution < -0.4 is 0 Å². The van der Waals surface area contributed by atoms with E-state index in [1.165, 1.54) is 5.56 Å². The molecule has 5 nitrogen and oxygen atoms in total. The Labute approximate surface area is 150 Å². The summed E-state index contributed by atoms with van der Waals surface area (Å²) in [5.41, 5.74) is 1.64. The first-order valence-corrected chi connectivity index (χ1v) is 7.83. The lowest BCUT2D eigenvalue weighted by molar-refractivity contribution is -0.139. The Hall–Kier alpha value is -2.66. The van der Waals surface area contributed by atoms with Crippen LogP contribution >= 0.6 is 0 Å². The standard InChI is InChI=1S/C8H8.C7H12O2.C5H8O3/c1-2-8-6-4-3-5-7-8;1-4-5-9-7(8)6(2)3;1-2-5(7)8-4-3-6/h2-7H,1H2;2,4-5H2,1,3H3;2,6H,1,3-4H2. The number of esters is 2. The molecule has 0 atom stereocenters. The molecule has 0 bridgehead atoms. The highest BCUT2D eigenvalue weighted by molar-refractivity contribution is 5.86. The van der Waals surface area contributed by atoms with Gasteiger partial charge in [-0.1, -0.05) is 63.1 Å². The second kappa shape index (κ2) is 17.7. The van der Waals surface area contributed by atoms with Crippen molar-refractivity contribution >= 4 is 18.0 Å². The van der Waals surface area contributed by atoms with Crippen LogP contribution in [0.1, 0.15) is 25.8 Å². The van der Waals surface area contributed by atoms with Crippen LogP contribution in [0.25, 0.3) is 6.08 Å². The van der Waals surface area contributed by atoms with Gasteiger partial charge in [0.2, 0.25) is 0 Å². The van der Waals surface area contributed by atoms with Crippen LogP contribution in [0, 0.1) is 0 Å². The number of carbonyl (C=O) groups is 2. The minimum atomic E-state index is -0.501. The Balaban J connectivity index is 0. The fourth-order valence-electron chi connectivity index (χ4n) is 1.11. The summed E-state index contributed by atoms with van der Waals surface area (Å²) in [6.45, 7) is 14.2. The van der Waals surface area contributed by atoms with Gasteiger partial charge in [0.05, 0.1) is 13.2 Å². The van der Waals surface area contributed by atoms with Gasteiger partial charge in [-0.15, -0.1) is 0 Å². The van der Waals surface area contributed by atoms with Gasteiger partial charge in [0.15, 0.2) is 0 Å². The van der Waals surface area contributed by atoms with E-state index in [1.54, 1.807) is 6.92 Å². The normalized spacial score (nSPS) is 8.44. The van der Waals surface area contributed by atoms with E-state index in [9.17, 15) is 9.59 Å². The van der Waals surface area contributed by atoms with Crippen molar-refractivity contribution in [2.75, 3.05) is 19.8 Å². The molecule has 25 heavy (non-hydrogen) atoms. The van der Waals surface area contributed by atoms with E-state index in [0.29, 0.717) is 12.2 Å². The number of rotatable bonds is 7. The monoisotopic (exact) mass is 348 g/mol. The number of carbonyl (C=O) groups excluding carboxylic acids is 2. The molecular weight excluding hydrogens is 320 g/mol. The Morgan fingerprint density at radius 3 is 2.08 bits per heavy atom. The Morgan fingerprint density at radius 2 is 1.72 bits per heavy atom. The lowest BCUT2D eigenvalue weighted by atomic mass is 10.2. The average molecular weight is 348 g/mol. The zero-order valence-corrected chi connectivity index (χ0v) is 15.1. The molecule has 1 rings (SSSR count). The highest BCUT2D eigenvalue weighted by Gasteiger charge is 1.99. The van der Waals surface area contributed by atoms with Gasteiger partial charge in [-0.2, -0.15) is 0 Å². The summed E-state index contributed by atoms with van der Waals surface area (Å²) in [6.07, 6.45) is 3.74. The molecule has 0 heterocycles. The van der Waals surface area contributed by atoms with E-state index in [2.05, 4.69) is 24.5 Å². The summed E-state index contributed by atoms with van der Waals surface area (Å²) in [7, 11) is 0. The molecule has 1 aromatic carbocycles. The average Bonchev–Trinajstić information content (AvgIpc) is 2.65. The van der Waals surface area contributed by atoms with E-state index in [1.807, 2.05) is 43.3 Å². The van der Waals surface area contributed by atoms with Crippen molar-refractivity contribution in [1.82, 2.24) is 0 Å². The second-order valence-corrected chi connectivity index (χ2v) is 4.63. The predicted molar refractivity (Wildman–Crippen MR) is 101 cm³/mol. The van der Waals surface area contributed by atoms with Crippen LogP contribution in [0.4, 0.5) is 0 Å². The van der Waals surface area contributed by atoms with E-state index >= 15 is 0 Å². The van der Waals surface area contributed by atoms with Gasteiger partial charge in [-0.3, -0.25) is 0 Å². The molecule has 0 amide bonds. The van der Waals surface area contributed by atoms with E-state index < -0.39 is 5.97 Å². The van der Waals surface area contributed by atoms with Crippen molar-refractivity contribution < 1.29 is 24.2 Å². The quantitative estimate of drug-likeness (QED) is 0.602. The number of aliphatic hydroxyl groups is 1. The summed E-state index contributed by atoms with van der Waals surface area (Å²) < 4.78 is 9.05. The van der Waals surface area contributed by atoms with Crippen LogP contribution in [0.2, 0.25) is 0 Å². The molecule has 0 aliphatic heterocycles. The second-order valence-electron chi connectivity index (χ2n) is 4.63. The number of aliphatic hydroxyl groups excluding tert-OH is 1. The van der Waals surface area contributed by atoms with Gasteiger partial charge in [-0.25, -0.2) is 9.59 Å². The van der Waals surface area contributed by atoms with E-state index in [4.69, 9.17) is 9.84 Å². The number of ether oxygens (including phenoxy) is 2. The highest BCUT2D eigenvalue weighted by atomic mass is 16.5. The third kappa shape index (κ3) is 17.5. The number of hydrogen-bond donors (Lipinski definition) is 1. The number of hydrogen-bond acceptors (Lipinski definition) is 5. The molecule has 0 unspecified atom stereocenters. The summed E-state index contributed by atoms with van der Waals surface area (Å²) in [5.74, 6) is -0.795. The van der Waals surface area contributed by atoms with Crippen molar-refractivity contribution in [2.24, 2.45) is 0 Å². The molecule has 0 aromatic heterocycles. The molecule has 5 heteroatoms. The predicted octanol–water partition coefficient (Wildman–Crippen LogP) is 3.55. The van der Waals surface area contributed by atoms with Gasteiger partial charge in [0, 0.05) is 11.6 Å². The minimum absolute atomic E-state index is 0.0465. The Bertz CT molecular complexity index is 520. The summed E-state index contributed by atoms with van der Waals surface area (Å²) >= 11 is 0. The third-order valence-electron chi connectivity index (χ3n) is 2.32. The Kier molecular flexibility index (Phi) is 17.4. The zero-order valence-electron chi connectivity index (χ0n) is 15.1. The maximum Gasteiger partial charge on any atom is 0.333 e. The maximum absolute atomic E-state index is 10.6. The fourth-order valence-corrected chi connectivity index (χ4v) is 1.11. The summed E-state index contributed by atoms with van der Waals surface area (Å²) in [5, 5.41) is 8.10. The van der Waals surface area contributed by atoms with Crippen molar-refractivity contribution in [2.45, 2.75) is 20.3 Å². The van der Waals surface area contributed by atoms with Crippen molar-refractivity contribution in [1.29, 1.82) is 0 Å². The van der Waals surface area contributed by atoms with Crippen molar-refractivity contribution in [3.8, 4) is 0 Å². The maximum atomic E-state index is 10.6. The first-order valence-electron chi connectivity index (χ1n) is 7.83. The molecule has 0 saturated heterocycles. The zero-order chi connectivity index (χ0) is 19.5. The van der Waals surface area contributed by atoms with Crippen LogP contribution in [-0.2, 0) is 19.1 Å². The minimum Gasteiger partial charge on any atom is -0.462 e. The molecule has 0 saturated carbocycles. The lowest BCUT2D eigenvalue weighted by Crippen LogP contribution is -2.04. The SMILES string of the molecule is C=C(C)C(=O)OCCC.C=CC(=O)OCCO.C=Cc1ccccc1. The molecule has 1 N–H and O–H groups in total. The molecule has 0 spiro atoms. The van der Waals surface area contributed by atoms with Gasteiger partial charge < -0.3 is 14.6 Å². The van der Waals surface area contributed by atoms with Crippen LogP contribution in [0.15, 0.2) is 61.7 Å².